The molecule has 140 valence electrons. The Kier molecular flexibility index (Phi) is 9.73. The van der Waals surface area contributed by atoms with Crippen LogP contribution in [-0.2, 0) is 13.6 Å². The van der Waals surface area contributed by atoms with E-state index in [1.165, 1.54) is 0 Å². The summed E-state index contributed by atoms with van der Waals surface area (Å²) in [7, 11) is -4.69. The second-order valence-electron chi connectivity index (χ2n) is 4.91. The van der Waals surface area contributed by atoms with E-state index in [0.29, 0.717) is 25.7 Å². The molecule has 0 heterocycles. The van der Waals surface area contributed by atoms with E-state index in [0.717, 1.165) is 4.67 Å². The van der Waals surface area contributed by atoms with E-state index < -0.39 is 33.3 Å². The molecule has 0 saturated heterocycles. The Morgan fingerprint density at radius 1 is 0.826 bits per heavy atom. The number of hydrogen-bond donors (Lipinski definition) is 0. The summed E-state index contributed by atoms with van der Waals surface area (Å²) in [5, 5.41) is 0. The van der Waals surface area contributed by atoms with Crippen LogP contribution in [0.5, 0.6) is 0 Å². The fourth-order valence-electron chi connectivity index (χ4n) is 1.55. The molecule has 4 nitrogen and oxygen atoms in total. The molecule has 0 aromatic carbocycles. The number of hydrogen-bond acceptors (Lipinski definition) is 3. The second kappa shape index (κ2) is 9.86. The summed E-state index contributed by atoms with van der Waals surface area (Å²) in [5.74, 6) is 0. The van der Waals surface area contributed by atoms with Crippen molar-refractivity contribution in [1.82, 2.24) is 4.67 Å². The lowest BCUT2D eigenvalue weighted by atomic mass is 10.3. The molecule has 0 rings (SSSR count). The zero-order chi connectivity index (χ0) is 18.1. The molecule has 0 bridgehead atoms. The standard InChI is InChI=1S/C12H22F6NO3P/c1-3-5-7-19(8-6-4-2)23(20,21-9-11(13,14)15)22-10-12(16,17)18/h3-10H2,1-2H3. The number of halogens is 6. The predicted octanol–water partition coefficient (Wildman–Crippen LogP) is 5.15. The van der Waals surface area contributed by atoms with Crippen molar-refractivity contribution in [2.45, 2.75) is 51.9 Å². The van der Waals surface area contributed by atoms with Crippen LogP contribution >= 0.6 is 7.75 Å². The minimum absolute atomic E-state index is 0.0312. The summed E-state index contributed by atoms with van der Waals surface area (Å²) in [6, 6.07) is 0. The Morgan fingerprint density at radius 3 is 1.43 bits per heavy atom. The van der Waals surface area contributed by atoms with E-state index >= 15 is 0 Å². The normalized spacial score (nSPS) is 13.8. The van der Waals surface area contributed by atoms with Gasteiger partial charge in [-0.3, -0.25) is 9.05 Å². The summed E-state index contributed by atoms with van der Waals surface area (Å²) in [4.78, 5) is 0. The summed E-state index contributed by atoms with van der Waals surface area (Å²) in [5.41, 5.74) is 0. The lowest BCUT2D eigenvalue weighted by molar-refractivity contribution is -0.167. The molecule has 0 unspecified atom stereocenters. The third kappa shape index (κ3) is 11.0. The molecule has 0 aromatic heterocycles. The molecule has 0 saturated carbocycles. The minimum atomic E-state index is -4.82. The van der Waals surface area contributed by atoms with Crippen molar-refractivity contribution >= 4 is 7.75 Å². The van der Waals surface area contributed by atoms with Crippen LogP contribution in [-0.4, -0.2) is 43.3 Å². The third-order valence-corrected chi connectivity index (χ3v) is 4.67. The molecule has 0 fully saturated rings. The predicted molar refractivity (Wildman–Crippen MR) is 73.0 cm³/mol. The quantitative estimate of drug-likeness (QED) is 0.371. The number of nitrogens with zero attached hydrogens (tertiary/aromatic N) is 1. The highest BCUT2D eigenvalue weighted by Crippen LogP contribution is 2.53. The topological polar surface area (TPSA) is 38.8 Å². The van der Waals surface area contributed by atoms with Crippen LogP contribution in [0.2, 0.25) is 0 Å². The van der Waals surface area contributed by atoms with Crippen LogP contribution in [0, 0.1) is 0 Å². The van der Waals surface area contributed by atoms with Gasteiger partial charge in [0.15, 0.2) is 13.2 Å². The van der Waals surface area contributed by atoms with E-state index in [1.54, 1.807) is 13.8 Å². The van der Waals surface area contributed by atoms with Gasteiger partial charge in [-0.25, -0.2) is 9.24 Å². The Hall–Kier alpha value is -0.310. The molecule has 0 aliphatic heterocycles. The van der Waals surface area contributed by atoms with Gasteiger partial charge in [0.25, 0.3) is 0 Å². The smallest absolute Gasteiger partial charge is 0.287 e. The lowest BCUT2D eigenvalue weighted by Gasteiger charge is -2.30. The van der Waals surface area contributed by atoms with Gasteiger partial charge in [-0.2, -0.15) is 26.3 Å². The van der Waals surface area contributed by atoms with Crippen molar-refractivity contribution in [3.63, 3.8) is 0 Å². The molecule has 11 heteroatoms. The van der Waals surface area contributed by atoms with Gasteiger partial charge in [-0.1, -0.05) is 26.7 Å². The molecule has 0 N–H and O–H groups in total. The van der Waals surface area contributed by atoms with Crippen molar-refractivity contribution in [3.05, 3.63) is 0 Å². The van der Waals surface area contributed by atoms with Crippen molar-refractivity contribution in [3.8, 4) is 0 Å². The van der Waals surface area contributed by atoms with Crippen molar-refractivity contribution < 1.29 is 40.0 Å². The highest BCUT2D eigenvalue weighted by molar-refractivity contribution is 7.51. The van der Waals surface area contributed by atoms with E-state index in [9.17, 15) is 30.9 Å². The molecule has 0 aliphatic rings. The average molecular weight is 373 g/mol. The van der Waals surface area contributed by atoms with Crippen LogP contribution in [0.15, 0.2) is 0 Å². The summed E-state index contributed by atoms with van der Waals surface area (Å²) in [6.45, 7) is -0.229. The third-order valence-electron chi connectivity index (χ3n) is 2.67. The number of unbranched alkanes of at least 4 members (excludes halogenated alkanes) is 2. The van der Waals surface area contributed by atoms with Gasteiger partial charge >= 0.3 is 20.1 Å². The van der Waals surface area contributed by atoms with Gasteiger partial charge in [-0.05, 0) is 12.8 Å². The zero-order valence-corrected chi connectivity index (χ0v) is 13.9. The van der Waals surface area contributed by atoms with Gasteiger partial charge in [-0.15, -0.1) is 0 Å². The van der Waals surface area contributed by atoms with Crippen molar-refractivity contribution in [1.29, 1.82) is 0 Å². The second-order valence-corrected chi connectivity index (χ2v) is 6.93. The summed E-state index contributed by atoms with van der Waals surface area (Å²) >= 11 is 0. The number of alkyl halides is 6. The lowest BCUT2D eigenvalue weighted by Crippen LogP contribution is -2.30. The highest BCUT2D eigenvalue weighted by Gasteiger charge is 2.42. The van der Waals surface area contributed by atoms with Gasteiger partial charge in [0.2, 0.25) is 0 Å². The van der Waals surface area contributed by atoms with Crippen LogP contribution in [0.25, 0.3) is 0 Å². The van der Waals surface area contributed by atoms with E-state index in [-0.39, 0.29) is 13.1 Å². The molecule has 0 amide bonds. The molecule has 0 aliphatic carbocycles. The van der Waals surface area contributed by atoms with Gasteiger partial charge in [0, 0.05) is 13.1 Å². The summed E-state index contributed by atoms with van der Waals surface area (Å²) in [6.07, 6.45) is -7.50. The van der Waals surface area contributed by atoms with Gasteiger partial charge < -0.3 is 0 Å². The van der Waals surface area contributed by atoms with Crippen molar-refractivity contribution in [2.24, 2.45) is 0 Å². The molecule has 0 radical (unpaired) electrons. The first-order chi connectivity index (χ1) is 10.4. The molecule has 0 spiro atoms. The van der Waals surface area contributed by atoms with E-state index in [4.69, 9.17) is 0 Å². The largest absolute Gasteiger partial charge is 0.412 e. The maximum absolute atomic E-state index is 12.5. The molecule has 0 atom stereocenters. The average Bonchev–Trinajstić information content (AvgIpc) is 2.41. The van der Waals surface area contributed by atoms with Crippen molar-refractivity contribution in [2.75, 3.05) is 26.3 Å². The Bertz CT molecular complexity index is 345. The first kappa shape index (κ1) is 22.7. The fourth-order valence-corrected chi connectivity index (χ4v) is 3.34. The Labute approximate surface area is 131 Å². The molecular formula is C12H22F6NO3P. The van der Waals surface area contributed by atoms with Crippen LogP contribution in [0.3, 0.4) is 0 Å². The first-order valence-corrected chi connectivity index (χ1v) is 8.71. The Morgan fingerprint density at radius 2 is 1.17 bits per heavy atom. The monoisotopic (exact) mass is 373 g/mol. The fraction of sp³-hybridized carbons (Fsp3) is 1.00. The van der Waals surface area contributed by atoms with Crippen LogP contribution in [0.1, 0.15) is 39.5 Å². The molecule has 23 heavy (non-hydrogen) atoms. The van der Waals surface area contributed by atoms with Gasteiger partial charge in [0.1, 0.15) is 0 Å². The molecular weight excluding hydrogens is 351 g/mol. The van der Waals surface area contributed by atoms with E-state index in [1.807, 2.05) is 0 Å². The molecule has 0 aromatic rings. The number of rotatable bonds is 11. The SMILES string of the molecule is CCCCN(CCCC)P(=O)(OCC(F)(F)F)OCC(F)(F)F. The van der Waals surface area contributed by atoms with Crippen LogP contribution < -0.4 is 0 Å². The maximum atomic E-state index is 12.5. The van der Waals surface area contributed by atoms with Gasteiger partial charge in [0.05, 0.1) is 0 Å². The minimum Gasteiger partial charge on any atom is -0.287 e. The van der Waals surface area contributed by atoms with E-state index in [2.05, 4.69) is 9.05 Å². The van der Waals surface area contributed by atoms with Crippen LogP contribution in [0.4, 0.5) is 26.3 Å². The Balaban J connectivity index is 5.16. The maximum Gasteiger partial charge on any atom is 0.412 e. The summed E-state index contributed by atoms with van der Waals surface area (Å²) < 4.78 is 95.7. The highest BCUT2D eigenvalue weighted by atomic mass is 31.2. The zero-order valence-electron chi connectivity index (χ0n) is 13.0. The first-order valence-electron chi connectivity index (χ1n) is 7.21.